The first kappa shape index (κ1) is 17.4. The Hall–Kier alpha value is -1.96. The smallest absolute Gasteiger partial charge is 0.222 e. The van der Waals surface area contributed by atoms with E-state index in [-0.39, 0.29) is 24.4 Å². The molecule has 0 radical (unpaired) electrons. The van der Waals surface area contributed by atoms with Gasteiger partial charge in [-0.3, -0.25) is 9.36 Å². The van der Waals surface area contributed by atoms with E-state index in [9.17, 15) is 4.79 Å². The van der Waals surface area contributed by atoms with Crippen molar-refractivity contribution in [3.8, 4) is 5.69 Å². The van der Waals surface area contributed by atoms with Gasteiger partial charge in [-0.25, -0.2) is 0 Å². The monoisotopic (exact) mass is 337 g/mol. The second-order valence-electron chi connectivity index (χ2n) is 5.16. The second-order valence-corrected chi connectivity index (χ2v) is 5.16. The third kappa shape index (κ3) is 4.75. The van der Waals surface area contributed by atoms with Gasteiger partial charge in [0.15, 0.2) is 5.82 Å². The van der Waals surface area contributed by atoms with Gasteiger partial charge >= 0.3 is 0 Å². The Labute approximate surface area is 140 Å². The quantitative estimate of drug-likeness (QED) is 0.838. The largest absolute Gasteiger partial charge is 0.378 e. The molecule has 3 rings (SSSR count). The van der Waals surface area contributed by atoms with Gasteiger partial charge in [0.25, 0.3) is 0 Å². The van der Waals surface area contributed by atoms with Gasteiger partial charge in [0, 0.05) is 24.7 Å². The van der Waals surface area contributed by atoms with Gasteiger partial charge in [0.2, 0.25) is 5.91 Å². The van der Waals surface area contributed by atoms with Crippen LogP contribution in [-0.4, -0.2) is 46.5 Å². The maximum absolute atomic E-state index is 12.0. The number of hydrogen-bond acceptors (Lipinski definition) is 5. The maximum atomic E-state index is 12.0. The lowest BCUT2D eigenvalue weighted by molar-refractivity contribution is -0.122. The molecule has 1 saturated heterocycles. The number of para-hydroxylation sites is 1. The molecule has 1 aliphatic rings. The normalized spacial score (nSPS) is 17.3. The van der Waals surface area contributed by atoms with Gasteiger partial charge in [0.05, 0.1) is 19.8 Å². The number of nitrogens with zero attached hydrogens (tertiary/aromatic N) is 3. The number of amides is 1. The van der Waals surface area contributed by atoms with Crippen molar-refractivity contribution in [2.45, 2.75) is 19.0 Å². The highest BCUT2D eigenvalue weighted by Gasteiger charge is 2.17. The summed E-state index contributed by atoms with van der Waals surface area (Å²) in [4.78, 5) is 12.0. The first-order valence-corrected chi connectivity index (χ1v) is 7.35. The van der Waals surface area contributed by atoms with Crippen LogP contribution in [0.5, 0.6) is 0 Å². The summed E-state index contributed by atoms with van der Waals surface area (Å²) < 4.78 is 7.20. The minimum absolute atomic E-state index is 0. The molecule has 1 fully saturated rings. The van der Waals surface area contributed by atoms with Gasteiger partial charge in [0.1, 0.15) is 6.33 Å². The summed E-state index contributed by atoms with van der Waals surface area (Å²) in [7, 11) is 0. The summed E-state index contributed by atoms with van der Waals surface area (Å²) in [5, 5.41) is 14.1. The van der Waals surface area contributed by atoms with Crippen LogP contribution in [-0.2, 0) is 16.1 Å². The average molecular weight is 338 g/mol. The topological polar surface area (TPSA) is 81.1 Å². The lowest BCUT2D eigenvalue weighted by Crippen LogP contribution is -2.44. The SMILES string of the molecule is Cl.O=C(CC1COCCN1)NCc1nncn1-c1ccccc1. The summed E-state index contributed by atoms with van der Waals surface area (Å²) in [5.41, 5.74) is 0.971. The molecule has 0 spiro atoms. The third-order valence-electron chi connectivity index (χ3n) is 3.53. The molecule has 1 aliphatic heterocycles. The van der Waals surface area contributed by atoms with E-state index in [4.69, 9.17) is 4.74 Å². The molecule has 1 aromatic carbocycles. The van der Waals surface area contributed by atoms with E-state index in [0.717, 1.165) is 12.2 Å². The Morgan fingerprint density at radius 2 is 2.22 bits per heavy atom. The summed E-state index contributed by atoms with van der Waals surface area (Å²) in [6.45, 7) is 2.42. The number of ether oxygens (including phenoxy) is 1. The summed E-state index contributed by atoms with van der Waals surface area (Å²) in [5.74, 6) is 0.679. The Balaban J connectivity index is 0.00000192. The number of aromatic nitrogens is 3. The number of nitrogens with one attached hydrogen (secondary N) is 2. The lowest BCUT2D eigenvalue weighted by atomic mass is 10.2. The molecule has 2 aromatic rings. The zero-order valence-electron chi connectivity index (χ0n) is 12.6. The first-order chi connectivity index (χ1) is 10.8. The predicted octanol–water partition coefficient (Wildman–Crippen LogP) is 0.684. The van der Waals surface area contributed by atoms with Gasteiger partial charge in [-0.1, -0.05) is 18.2 Å². The van der Waals surface area contributed by atoms with Crippen molar-refractivity contribution in [1.82, 2.24) is 25.4 Å². The highest BCUT2D eigenvalue weighted by molar-refractivity contribution is 5.85. The maximum Gasteiger partial charge on any atom is 0.222 e. The molecule has 1 amide bonds. The minimum atomic E-state index is -0.0226. The fraction of sp³-hybridized carbons (Fsp3) is 0.400. The van der Waals surface area contributed by atoms with Crippen molar-refractivity contribution in [3.05, 3.63) is 42.5 Å². The van der Waals surface area contributed by atoms with Gasteiger partial charge in [-0.2, -0.15) is 0 Å². The number of morpholine rings is 1. The van der Waals surface area contributed by atoms with Gasteiger partial charge in [-0.05, 0) is 12.1 Å². The number of hydrogen-bond donors (Lipinski definition) is 2. The molecule has 7 nitrogen and oxygen atoms in total. The zero-order valence-corrected chi connectivity index (χ0v) is 13.5. The summed E-state index contributed by atoms with van der Waals surface area (Å²) in [6.07, 6.45) is 2.05. The molecular formula is C15H20ClN5O2. The summed E-state index contributed by atoms with van der Waals surface area (Å²) in [6, 6.07) is 9.88. The fourth-order valence-corrected chi connectivity index (χ4v) is 2.41. The van der Waals surface area contributed by atoms with E-state index in [1.54, 1.807) is 6.33 Å². The van der Waals surface area contributed by atoms with Crippen LogP contribution in [0.25, 0.3) is 5.69 Å². The van der Waals surface area contributed by atoms with Crippen LogP contribution in [0.4, 0.5) is 0 Å². The Kier molecular flexibility index (Phi) is 6.52. The molecule has 1 atom stereocenters. The number of rotatable bonds is 5. The molecule has 2 N–H and O–H groups in total. The zero-order chi connectivity index (χ0) is 15.2. The van der Waals surface area contributed by atoms with Crippen molar-refractivity contribution < 1.29 is 9.53 Å². The van der Waals surface area contributed by atoms with Crippen LogP contribution in [0.1, 0.15) is 12.2 Å². The first-order valence-electron chi connectivity index (χ1n) is 7.35. The molecule has 0 saturated carbocycles. The molecule has 2 heterocycles. The Morgan fingerprint density at radius 3 is 2.96 bits per heavy atom. The van der Waals surface area contributed by atoms with Crippen molar-refractivity contribution in [1.29, 1.82) is 0 Å². The van der Waals surface area contributed by atoms with E-state index < -0.39 is 0 Å². The Bertz CT molecular complexity index is 613. The van der Waals surface area contributed by atoms with Crippen molar-refractivity contribution in [2.24, 2.45) is 0 Å². The molecule has 1 aromatic heterocycles. The van der Waals surface area contributed by atoms with E-state index in [1.807, 2.05) is 34.9 Å². The minimum Gasteiger partial charge on any atom is -0.378 e. The highest BCUT2D eigenvalue weighted by Crippen LogP contribution is 2.08. The van der Waals surface area contributed by atoms with Crippen molar-refractivity contribution >= 4 is 18.3 Å². The van der Waals surface area contributed by atoms with Crippen LogP contribution < -0.4 is 10.6 Å². The molecular weight excluding hydrogens is 318 g/mol. The van der Waals surface area contributed by atoms with Crippen LogP contribution in [0.2, 0.25) is 0 Å². The third-order valence-corrected chi connectivity index (χ3v) is 3.53. The number of carbonyl (C=O) groups excluding carboxylic acids is 1. The van der Waals surface area contributed by atoms with Crippen molar-refractivity contribution in [3.63, 3.8) is 0 Å². The summed E-state index contributed by atoms with van der Waals surface area (Å²) >= 11 is 0. The van der Waals surface area contributed by atoms with E-state index in [1.165, 1.54) is 0 Å². The van der Waals surface area contributed by atoms with E-state index in [2.05, 4.69) is 20.8 Å². The fourth-order valence-electron chi connectivity index (χ4n) is 2.41. The lowest BCUT2D eigenvalue weighted by Gasteiger charge is -2.23. The van der Waals surface area contributed by atoms with Crippen LogP contribution >= 0.6 is 12.4 Å². The molecule has 1 unspecified atom stereocenters. The van der Waals surface area contributed by atoms with Crippen LogP contribution in [0.15, 0.2) is 36.7 Å². The number of carbonyl (C=O) groups is 1. The standard InChI is InChI=1S/C15H19N5O2.ClH/c21-15(8-12-10-22-7-6-16-12)17-9-14-19-18-11-20(14)13-4-2-1-3-5-13;/h1-5,11-12,16H,6-10H2,(H,17,21);1H. The van der Waals surface area contributed by atoms with Crippen LogP contribution in [0.3, 0.4) is 0 Å². The average Bonchev–Trinajstić information content (AvgIpc) is 3.03. The number of halogens is 1. The predicted molar refractivity (Wildman–Crippen MR) is 87.7 cm³/mol. The highest BCUT2D eigenvalue weighted by atomic mass is 35.5. The van der Waals surface area contributed by atoms with Gasteiger partial charge in [-0.15, -0.1) is 22.6 Å². The van der Waals surface area contributed by atoms with E-state index >= 15 is 0 Å². The molecule has 8 heteroatoms. The molecule has 0 aliphatic carbocycles. The molecule has 23 heavy (non-hydrogen) atoms. The second kappa shape index (κ2) is 8.61. The van der Waals surface area contributed by atoms with Gasteiger partial charge < -0.3 is 15.4 Å². The molecule has 124 valence electrons. The van der Waals surface area contributed by atoms with Crippen molar-refractivity contribution in [2.75, 3.05) is 19.8 Å². The Morgan fingerprint density at radius 1 is 1.39 bits per heavy atom. The molecule has 0 bridgehead atoms. The van der Waals surface area contributed by atoms with Crippen LogP contribution in [0, 0.1) is 0 Å². The van der Waals surface area contributed by atoms with E-state index in [0.29, 0.717) is 32.0 Å². The number of benzene rings is 1.